The van der Waals surface area contributed by atoms with Crippen LogP contribution in [0, 0.1) is 0 Å². The van der Waals surface area contributed by atoms with Crippen LogP contribution >= 0.6 is 15.9 Å². The molecule has 0 aliphatic carbocycles. The topological polar surface area (TPSA) is 43.4 Å². The van der Waals surface area contributed by atoms with Gasteiger partial charge < -0.3 is 14.8 Å². The first-order valence-corrected chi connectivity index (χ1v) is 6.19. The van der Waals surface area contributed by atoms with Crippen molar-refractivity contribution in [3.63, 3.8) is 0 Å². The van der Waals surface area contributed by atoms with E-state index < -0.39 is 0 Å². The number of hydrogen-bond donors (Lipinski definition) is 1. The minimum absolute atomic E-state index is 0.0233. The van der Waals surface area contributed by atoms with E-state index in [9.17, 15) is 0 Å². The first-order chi connectivity index (χ1) is 7.86. The summed E-state index contributed by atoms with van der Waals surface area (Å²) in [5.41, 5.74) is 1.16. The van der Waals surface area contributed by atoms with Gasteiger partial charge in [-0.1, -0.05) is 6.07 Å². The molecular formula is C11H15BrN2O2. The molecule has 0 atom stereocenters. The average Bonchev–Trinajstić information content (AvgIpc) is 2.79. The number of aromatic nitrogens is 1. The Labute approximate surface area is 103 Å². The standard InChI is InChI=1S/C11H15BrN2O2/c12-11-9(2-1-4-14-11)8-13-5-3-10-15-6-7-16-10/h1-2,4,10,13H,3,5-8H2. The predicted molar refractivity (Wildman–Crippen MR) is 64.0 cm³/mol. The molecule has 0 aromatic carbocycles. The van der Waals surface area contributed by atoms with Crippen LogP contribution in [0.5, 0.6) is 0 Å². The summed E-state index contributed by atoms with van der Waals surface area (Å²) < 4.78 is 11.6. The van der Waals surface area contributed by atoms with Crippen LogP contribution in [-0.4, -0.2) is 31.0 Å². The molecule has 0 bridgehead atoms. The maximum atomic E-state index is 5.35. The number of pyridine rings is 1. The van der Waals surface area contributed by atoms with Crippen molar-refractivity contribution in [1.82, 2.24) is 10.3 Å². The van der Waals surface area contributed by atoms with E-state index in [4.69, 9.17) is 9.47 Å². The summed E-state index contributed by atoms with van der Waals surface area (Å²) in [6, 6.07) is 3.98. The third kappa shape index (κ3) is 3.52. The van der Waals surface area contributed by atoms with Gasteiger partial charge in [-0.2, -0.15) is 0 Å². The van der Waals surface area contributed by atoms with Gasteiger partial charge in [-0.25, -0.2) is 4.98 Å². The highest BCUT2D eigenvalue weighted by molar-refractivity contribution is 9.10. The van der Waals surface area contributed by atoms with E-state index in [1.54, 1.807) is 6.20 Å². The molecule has 16 heavy (non-hydrogen) atoms. The van der Waals surface area contributed by atoms with E-state index in [1.807, 2.05) is 12.1 Å². The van der Waals surface area contributed by atoms with Crippen LogP contribution in [0.4, 0.5) is 0 Å². The molecule has 0 unspecified atom stereocenters. The quantitative estimate of drug-likeness (QED) is 0.661. The van der Waals surface area contributed by atoms with Crippen molar-refractivity contribution in [3.05, 3.63) is 28.5 Å². The van der Waals surface area contributed by atoms with E-state index in [0.29, 0.717) is 0 Å². The Morgan fingerprint density at radius 1 is 1.44 bits per heavy atom. The Bertz CT molecular complexity index is 330. The normalized spacial score (nSPS) is 16.8. The highest BCUT2D eigenvalue weighted by Crippen LogP contribution is 2.12. The van der Waals surface area contributed by atoms with Crippen molar-refractivity contribution in [3.8, 4) is 0 Å². The molecule has 1 aliphatic heterocycles. The zero-order chi connectivity index (χ0) is 11.2. The Kier molecular flexibility index (Phi) is 4.71. The summed E-state index contributed by atoms with van der Waals surface area (Å²) in [6.07, 6.45) is 2.64. The van der Waals surface area contributed by atoms with Crippen LogP contribution in [0.25, 0.3) is 0 Å². The molecule has 0 saturated carbocycles. The van der Waals surface area contributed by atoms with Gasteiger partial charge in [0.2, 0.25) is 0 Å². The molecule has 1 aromatic rings. The van der Waals surface area contributed by atoms with Crippen molar-refractivity contribution in [1.29, 1.82) is 0 Å². The van der Waals surface area contributed by atoms with Crippen molar-refractivity contribution in [2.75, 3.05) is 19.8 Å². The Morgan fingerprint density at radius 2 is 2.25 bits per heavy atom. The van der Waals surface area contributed by atoms with Crippen molar-refractivity contribution in [2.24, 2.45) is 0 Å². The zero-order valence-electron chi connectivity index (χ0n) is 8.99. The van der Waals surface area contributed by atoms with E-state index in [0.717, 1.165) is 42.9 Å². The minimum Gasteiger partial charge on any atom is -0.350 e. The summed E-state index contributed by atoms with van der Waals surface area (Å²) in [4.78, 5) is 4.16. The van der Waals surface area contributed by atoms with E-state index in [2.05, 4.69) is 26.2 Å². The highest BCUT2D eigenvalue weighted by Gasteiger charge is 2.14. The lowest BCUT2D eigenvalue weighted by Gasteiger charge is -2.10. The third-order valence-electron chi connectivity index (χ3n) is 2.40. The molecule has 4 nitrogen and oxygen atoms in total. The maximum absolute atomic E-state index is 5.35. The second-order valence-corrected chi connectivity index (χ2v) is 4.34. The summed E-state index contributed by atoms with van der Waals surface area (Å²) in [7, 11) is 0. The molecule has 1 aromatic heterocycles. The molecule has 0 radical (unpaired) electrons. The van der Waals surface area contributed by atoms with Gasteiger partial charge in [-0.15, -0.1) is 0 Å². The highest BCUT2D eigenvalue weighted by atomic mass is 79.9. The average molecular weight is 287 g/mol. The fourth-order valence-electron chi connectivity index (χ4n) is 1.57. The summed E-state index contributed by atoms with van der Waals surface area (Å²) in [6.45, 7) is 3.13. The lowest BCUT2D eigenvalue weighted by atomic mass is 10.3. The molecule has 1 N–H and O–H groups in total. The van der Waals surface area contributed by atoms with Gasteiger partial charge in [0, 0.05) is 25.7 Å². The largest absolute Gasteiger partial charge is 0.350 e. The predicted octanol–water partition coefficient (Wildman–Crippen LogP) is 1.70. The third-order valence-corrected chi connectivity index (χ3v) is 3.11. The monoisotopic (exact) mass is 286 g/mol. The van der Waals surface area contributed by atoms with Crippen LogP contribution < -0.4 is 5.32 Å². The van der Waals surface area contributed by atoms with Crippen LogP contribution in [-0.2, 0) is 16.0 Å². The lowest BCUT2D eigenvalue weighted by molar-refractivity contribution is -0.0459. The molecule has 2 heterocycles. The molecule has 1 aliphatic rings. The van der Waals surface area contributed by atoms with Crippen molar-refractivity contribution in [2.45, 2.75) is 19.3 Å². The maximum Gasteiger partial charge on any atom is 0.159 e. The number of ether oxygens (including phenoxy) is 2. The molecule has 1 saturated heterocycles. The number of nitrogens with zero attached hydrogens (tertiary/aromatic N) is 1. The van der Waals surface area contributed by atoms with Crippen LogP contribution in [0.1, 0.15) is 12.0 Å². The van der Waals surface area contributed by atoms with E-state index in [-0.39, 0.29) is 6.29 Å². The molecule has 88 valence electrons. The van der Waals surface area contributed by atoms with Gasteiger partial charge >= 0.3 is 0 Å². The number of halogens is 1. The lowest BCUT2D eigenvalue weighted by Crippen LogP contribution is -2.21. The van der Waals surface area contributed by atoms with Gasteiger partial charge in [-0.3, -0.25) is 0 Å². The molecule has 0 spiro atoms. The number of rotatable bonds is 5. The first kappa shape index (κ1) is 12.0. The Morgan fingerprint density at radius 3 is 3.00 bits per heavy atom. The smallest absolute Gasteiger partial charge is 0.159 e. The molecular weight excluding hydrogens is 272 g/mol. The van der Waals surface area contributed by atoms with Gasteiger partial charge in [0.25, 0.3) is 0 Å². The van der Waals surface area contributed by atoms with Gasteiger partial charge in [0.05, 0.1) is 13.2 Å². The number of hydrogen-bond acceptors (Lipinski definition) is 4. The Hall–Kier alpha value is -0.490. The second kappa shape index (κ2) is 6.30. The van der Waals surface area contributed by atoms with Crippen molar-refractivity contribution >= 4 is 15.9 Å². The molecule has 5 heteroatoms. The van der Waals surface area contributed by atoms with Gasteiger partial charge in [0.1, 0.15) is 4.60 Å². The van der Waals surface area contributed by atoms with Crippen molar-refractivity contribution < 1.29 is 9.47 Å². The van der Waals surface area contributed by atoms with Crippen LogP contribution in [0.15, 0.2) is 22.9 Å². The van der Waals surface area contributed by atoms with E-state index in [1.165, 1.54) is 0 Å². The van der Waals surface area contributed by atoms with Gasteiger partial charge in [-0.05, 0) is 27.6 Å². The summed E-state index contributed by atoms with van der Waals surface area (Å²) >= 11 is 3.41. The van der Waals surface area contributed by atoms with Gasteiger partial charge in [0.15, 0.2) is 6.29 Å². The molecule has 0 amide bonds. The summed E-state index contributed by atoms with van der Waals surface area (Å²) in [5, 5.41) is 3.34. The van der Waals surface area contributed by atoms with Crippen LogP contribution in [0.3, 0.4) is 0 Å². The minimum atomic E-state index is -0.0233. The van der Waals surface area contributed by atoms with E-state index >= 15 is 0 Å². The zero-order valence-corrected chi connectivity index (χ0v) is 10.6. The Balaban J connectivity index is 1.66. The fraction of sp³-hybridized carbons (Fsp3) is 0.545. The fourth-order valence-corrected chi connectivity index (χ4v) is 1.96. The second-order valence-electron chi connectivity index (χ2n) is 3.59. The van der Waals surface area contributed by atoms with Crippen LogP contribution in [0.2, 0.25) is 0 Å². The first-order valence-electron chi connectivity index (χ1n) is 5.39. The SMILES string of the molecule is Brc1ncccc1CNCCC1OCCO1. The number of nitrogens with one attached hydrogen (secondary N) is 1. The molecule has 2 rings (SSSR count). The summed E-state index contributed by atoms with van der Waals surface area (Å²) in [5.74, 6) is 0. The molecule has 1 fully saturated rings.